The summed E-state index contributed by atoms with van der Waals surface area (Å²) in [5.74, 6) is 2.16. The van der Waals surface area contributed by atoms with Crippen LogP contribution in [0, 0.1) is 0 Å². The molecule has 0 aromatic carbocycles. The highest BCUT2D eigenvalue weighted by Gasteiger charge is 2.15. The van der Waals surface area contributed by atoms with Crippen molar-refractivity contribution in [2.24, 2.45) is 4.99 Å². The molecule has 1 aromatic rings. The van der Waals surface area contributed by atoms with Gasteiger partial charge in [-0.05, 0) is 45.7 Å². The molecule has 1 fully saturated rings. The first-order chi connectivity index (χ1) is 14.2. The van der Waals surface area contributed by atoms with Crippen LogP contribution in [0.1, 0.15) is 70.8 Å². The van der Waals surface area contributed by atoms with Crippen LogP contribution in [-0.4, -0.2) is 73.3 Å². The third-order valence-electron chi connectivity index (χ3n) is 5.82. The Labute approximate surface area is 200 Å². The smallest absolute Gasteiger partial charge is 0.191 e. The molecule has 0 saturated carbocycles. The number of rotatable bonds is 12. The zero-order valence-electron chi connectivity index (χ0n) is 19.5. The van der Waals surface area contributed by atoms with Crippen LogP contribution in [0.3, 0.4) is 0 Å². The molecule has 0 unspecified atom stereocenters. The molecular formula is C22H43IN6O. The Hall–Kier alpha value is -0.870. The van der Waals surface area contributed by atoms with Crippen LogP contribution in [0.25, 0.3) is 0 Å². The summed E-state index contributed by atoms with van der Waals surface area (Å²) < 4.78 is 5.48. The van der Waals surface area contributed by atoms with Crippen LogP contribution in [0.15, 0.2) is 15.6 Å². The maximum Gasteiger partial charge on any atom is 0.191 e. The van der Waals surface area contributed by atoms with Gasteiger partial charge in [-0.3, -0.25) is 0 Å². The zero-order valence-corrected chi connectivity index (χ0v) is 21.8. The van der Waals surface area contributed by atoms with Gasteiger partial charge in [-0.15, -0.1) is 24.0 Å². The van der Waals surface area contributed by atoms with Crippen molar-refractivity contribution in [2.45, 2.75) is 65.8 Å². The molecule has 7 nitrogen and oxygen atoms in total. The summed E-state index contributed by atoms with van der Waals surface area (Å²) in [6.07, 6.45) is 4.55. The summed E-state index contributed by atoms with van der Waals surface area (Å²) in [4.78, 5) is 9.78. The van der Waals surface area contributed by atoms with E-state index in [1.54, 1.807) is 0 Å². The van der Waals surface area contributed by atoms with Gasteiger partial charge in [0.15, 0.2) is 11.7 Å². The van der Waals surface area contributed by atoms with E-state index in [2.05, 4.69) is 64.3 Å². The lowest BCUT2D eigenvalue weighted by Crippen LogP contribution is -2.46. The average molecular weight is 535 g/mol. The lowest BCUT2D eigenvalue weighted by Gasteiger charge is -2.34. The molecule has 2 N–H and O–H groups in total. The van der Waals surface area contributed by atoms with Crippen molar-refractivity contribution in [3.05, 3.63) is 17.5 Å². The van der Waals surface area contributed by atoms with E-state index in [4.69, 9.17) is 4.52 Å². The molecule has 1 aromatic heterocycles. The van der Waals surface area contributed by atoms with Crippen molar-refractivity contribution >= 4 is 29.9 Å². The third-order valence-corrected chi connectivity index (χ3v) is 5.82. The first-order valence-electron chi connectivity index (χ1n) is 11.6. The fourth-order valence-corrected chi connectivity index (χ4v) is 3.80. The van der Waals surface area contributed by atoms with E-state index >= 15 is 0 Å². The SMILES string of the molecule is CCNC(=NCc1cc(C(CC)CC)no1)NCCCCN1CCN(CC)CC1.I. The van der Waals surface area contributed by atoms with Gasteiger partial charge < -0.3 is 25.0 Å². The summed E-state index contributed by atoms with van der Waals surface area (Å²) in [5.41, 5.74) is 1.05. The number of guanidine groups is 1. The third kappa shape index (κ3) is 9.51. The van der Waals surface area contributed by atoms with Gasteiger partial charge in [0.25, 0.3) is 0 Å². The molecule has 174 valence electrons. The fraction of sp³-hybridized carbons (Fsp3) is 0.818. The number of halogens is 1. The Morgan fingerprint density at radius 1 is 1.07 bits per heavy atom. The van der Waals surface area contributed by atoms with Crippen LogP contribution >= 0.6 is 24.0 Å². The van der Waals surface area contributed by atoms with E-state index in [1.807, 2.05) is 0 Å². The predicted octanol–water partition coefficient (Wildman–Crippen LogP) is 3.67. The monoisotopic (exact) mass is 534 g/mol. The number of aliphatic imine (C=N–C) groups is 1. The Morgan fingerprint density at radius 2 is 1.77 bits per heavy atom. The lowest BCUT2D eigenvalue weighted by molar-refractivity contribution is 0.136. The maximum absolute atomic E-state index is 5.48. The molecule has 0 atom stereocenters. The van der Waals surface area contributed by atoms with Crippen LogP contribution in [-0.2, 0) is 6.54 Å². The zero-order chi connectivity index (χ0) is 20.9. The van der Waals surface area contributed by atoms with Gasteiger partial charge in [0.05, 0.1) is 5.69 Å². The number of hydrogen-bond acceptors (Lipinski definition) is 5. The molecule has 0 amide bonds. The second-order valence-electron chi connectivity index (χ2n) is 7.84. The minimum atomic E-state index is 0. The van der Waals surface area contributed by atoms with Crippen molar-refractivity contribution in [3.8, 4) is 0 Å². The van der Waals surface area contributed by atoms with Gasteiger partial charge in [-0.25, -0.2) is 4.99 Å². The molecule has 8 heteroatoms. The van der Waals surface area contributed by atoms with Gasteiger partial charge in [-0.2, -0.15) is 0 Å². The topological polar surface area (TPSA) is 68.9 Å². The standard InChI is InChI=1S/C22H42N6O.HI/c1-5-19(6-2)21-17-20(29-26-21)18-25-22(23-7-3)24-11-9-10-12-28-15-13-27(8-4)14-16-28;/h17,19H,5-16,18H2,1-4H3,(H2,23,24,25);1H. The van der Waals surface area contributed by atoms with E-state index in [-0.39, 0.29) is 24.0 Å². The van der Waals surface area contributed by atoms with Crippen molar-refractivity contribution in [1.82, 2.24) is 25.6 Å². The first kappa shape index (κ1) is 27.2. The van der Waals surface area contributed by atoms with Crippen LogP contribution < -0.4 is 10.6 Å². The average Bonchev–Trinajstić information content (AvgIpc) is 3.22. The molecule has 1 aliphatic rings. The van der Waals surface area contributed by atoms with E-state index in [9.17, 15) is 0 Å². The second-order valence-corrected chi connectivity index (χ2v) is 7.84. The summed E-state index contributed by atoms with van der Waals surface area (Å²) in [7, 11) is 0. The Balaban J connectivity index is 0.00000450. The molecule has 1 aliphatic heterocycles. The lowest BCUT2D eigenvalue weighted by atomic mass is 9.99. The summed E-state index contributed by atoms with van der Waals surface area (Å²) >= 11 is 0. The normalized spacial score (nSPS) is 16.0. The largest absolute Gasteiger partial charge is 0.359 e. The summed E-state index contributed by atoms with van der Waals surface area (Å²) in [6.45, 7) is 18.3. The number of nitrogens with one attached hydrogen (secondary N) is 2. The first-order valence-corrected chi connectivity index (χ1v) is 11.6. The van der Waals surface area contributed by atoms with Crippen LogP contribution in [0.2, 0.25) is 0 Å². The van der Waals surface area contributed by atoms with E-state index in [1.165, 1.54) is 45.7 Å². The van der Waals surface area contributed by atoms with Crippen LogP contribution in [0.5, 0.6) is 0 Å². The quantitative estimate of drug-likeness (QED) is 0.185. The molecule has 0 radical (unpaired) electrons. The Morgan fingerprint density at radius 3 is 2.40 bits per heavy atom. The van der Waals surface area contributed by atoms with Crippen molar-refractivity contribution < 1.29 is 4.52 Å². The molecule has 30 heavy (non-hydrogen) atoms. The van der Waals surface area contributed by atoms with Gasteiger partial charge in [-0.1, -0.05) is 25.9 Å². The predicted molar refractivity (Wildman–Crippen MR) is 136 cm³/mol. The highest BCUT2D eigenvalue weighted by atomic mass is 127. The number of piperazine rings is 1. The molecule has 2 rings (SSSR count). The number of unbranched alkanes of at least 4 members (excludes halogenated alkanes) is 1. The Bertz CT molecular complexity index is 582. The van der Waals surface area contributed by atoms with Gasteiger partial charge in [0, 0.05) is 51.3 Å². The molecule has 0 aliphatic carbocycles. The molecule has 0 spiro atoms. The van der Waals surface area contributed by atoms with Gasteiger partial charge in [0.1, 0.15) is 6.54 Å². The highest BCUT2D eigenvalue weighted by molar-refractivity contribution is 14.0. The van der Waals surface area contributed by atoms with Gasteiger partial charge in [0.2, 0.25) is 0 Å². The van der Waals surface area contributed by atoms with E-state index in [0.717, 1.165) is 49.8 Å². The minimum absolute atomic E-state index is 0. The number of hydrogen-bond donors (Lipinski definition) is 2. The highest BCUT2D eigenvalue weighted by Crippen LogP contribution is 2.22. The van der Waals surface area contributed by atoms with Crippen molar-refractivity contribution in [3.63, 3.8) is 0 Å². The van der Waals surface area contributed by atoms with E-state index < -0.39 is 0 Å². The Kier molecular flexibility index (Phi) is 14.4. The molecule has 1 saturated heterocycles. The van der Waals surface area contributed by atoms with Crippen LogP contribution in [0.4, 0.5) is 0 Å². The minimum Gasteiger partial charge on any atom is -0.359 e. The summed E-state index contributed by atoms with van der Waals surface area (Å²) in [5, 5.41) is 11.0. The maximum atomic E-state index is 5.48. The fourth-order valence-electron chi connectivity index (χ4n) is 3.80. The molecule has 0 bridgehead atoms. The van der Waals surface area contributed by atoms with Crippen molar-refractivity contribution in [1.29, 1.82) is 0 Å². The second kappa shape index (κ2) is 15.9. The molecular weight excluding hydrogens is 491 g/mol. The number of aromatic nitrogens is 1. The number of nitrogens with zero attached hydrogens (tertiary/aromatic N) is 4. The van der Waals surface area contributed by atoms with Gasteiger partial charge >= 0.3 is 0 Å². The molecule has 2 heterocycles. The van der Waals surface area contributed by atoms with Crippen molar-refractivity contribution in [2.75, 3.05) is 52.4 Å². The number of likely N-dealkylation sites (N-methyl/N-ethyl adjacent to an activating group) is 1. The van der Waals surface area contributed by atoms with E-state index in [0.29, 0.717) is 12.5 Å². The summed E-state index contributed by atoms with van der Waals surface area (Å²) in [6, 6.07) is 2.06.